The van der Waals surface area contributed by atoms with E-state index in [9.17, 15) is 19.7 Å². The standard InChI is InChI=1S/C18H20N2O6/c1-5-12-16(18(22)26-4)15(14(10(2)19-12)17(21)25-3)11-8-6-7-9-13(11)20(23)24/h6-9,15,19H,5H2,1-4H3. The van der Waals surface area contributed by atoms with Crippen LogP contribution >= 0.6 is 0 Å². The molecule has 2 rings (SSSR count). The molecule has 1 aromatic carbocycles. The van der Waals surface area contributed by atoms with Crippen molar-refractivity contribution in [3.63, 3.8) is 0 Å². The van der Waals surface area contributed by atoms with Crippen molar-refractivity contribution in [2.24, 2.45) is 0 Å². The Labute approximate surface area is 150 Å². The lowest BCUT2D eigenvalue weighted by Gasteiger charge is -2.30. The number of carbonyl (C=O) groups excluding carboxylic acids is 2. The molecule has 0 radical (unpaired) electrons. The molecule has 0 amide bonds. The molecule has 0 fully saturated rings. The van der Waals surface area contributed by atoms with Gasteiger partial charge in [0.15, 0.2) is 0 Å². The van der Waals surface area contributed by atoms with E-state index in [1.165, 1.54) is 32.4 Å². The number of nitrogens with zero attached hydrogens (tertiary/aromatic N) is 1. The monoisotopic (exact) mass is 360 g/mol. The highest BCUT2D eigenvalue weighted by Crippen LogP contribution is 2.42. The van der Waals surface area contributed by atoms with E-state index in [2.05, 4.69) is 5.32 Å². The summed E-state index contributed by atoms with van der Waals surface area (Å²) in [4.78, 5) is 35.9. The SMILES string of the molecule is CCC1=C(C(=O)OC)C(c2ccccc2[N+](=O)[O-])C(C(=O)OC)=C(C)N1. The van der Waals surface area contributed by atoms with Crippen LogP contribution in [0.2, 0.25) is 0 Å². The topological polar surface area (TPSA) is 108 Å². The van der Waals surface area contributed by atoms with Crippen LogP contribution in [0.15, 0.2) is 46.8 Å². The molecule has 0 aliphatic carbocycles. The Balaban J connectivity index is 2.84. The third-order valence-corrected chi connectivity index (χ3v) is 4.25. The number of allylic oxidation sites excluding steroid dienone is 2. The van der Waals surface area contributed by atoms with Crippen LogP contribution in [0, 0.1) is 10.1 Å². The average molecular weight is 360 g/mol. The number of carbonyl (C=O) groups is 2. The lowest BCUT2D eigenvalue weighted by atomic mass is 9.79. The van der Waals surface area contributed by atoms with E-state index in [4.69, 9.17) is 9.47 Å². The number of methoxy groups -OCH3 is 2. The van der Waals surface area contributed by atoms with E-state index < -0.39 is 22.8 Å². The smallest absolute Gasteiger partial charge is 0.336 e. The summed E-state index contributed by atoms with van der Waals surface area (Å²) in [5.74, 6) is -2.30. The van der Waals surface area contributed by atoms with Gasteiger partial charge in [0.1, 0.15) is 0 Å². The molecule has 1 heterocycles. The minimum Gasteiger partial charge on any atom is -0.466 e. The Hall–Kier alpha value is -3.16. The van der Waals surface area contributed by atoms with E-state index in [-0.39, 0.29) is 22.4 Å². The minimum absolute atomic E-state index is 0.138. The number of rotatable bonds is 5. The zero-order valence-corrected chi connectivity index (χ0v) is 15.0. The van der Waals surface area contributed by atoms with Gasteiger partial charge in [0.05, 0.1) is 36.2 Å². The van der Waals surface area contributed by atoms with Gasteiger partial charge in [-0.1, -0.05) is 25.1 Å². The molecule has 26 heavy (non-hydrogen) atoms. The Bertz CT molecular complexity index is 825. The number of esters is 2. The van der Waals surface area contributed by atoms with Crippen molar-refractivity contribution in [2.45, 2.75) is 26.2 Å². The van der Waals surface area contributed by atoms with Crippen LogP contribution in [-0.4, -0.2) is 31.1 Å². The summed E-state index contributed by atoms with van der Waals surface area (Å²) in [6, 6.07) is 6.01. The molecule has 138 valence electrons. The summed E-state index contributed by atoms with van der Waals surface area (Å²) in [5.41, 5.74) is 1.36. The summed E-state index contributed by atoms with van der Waals surface area (Å²) < 4.78 is 9.75. The van der Waals surface area contributed by atoms with Gasteiger partial charge in [-0.05, 0) is 13.3 Å². The lowest BCUT2D eigenvalue weighted by Crippen LogP contribution is -2.33. The van der Waals surface area contributed by atoms with Gasteiger partial charge in [-0.25, -0.2) is 9.59 Å². The fraction of sp³-hybridized carbons (Fsp3) is 0.333. The van der Waals surface area contributed by atoms with Gasteiger partial charge in [-0.2, -0.15) is 0 Å². The molecule has 1 atom stereocenters. The van der Waals surface area contributed by atoms with Crippen LogP contribution in [0.4, 0.5) is 5.69 Å². The Kier molecular flexibility index (Phi) is 5.76. The number of dihydropyridines is 1. The minimum atomic E-state index is -0.965. The molecule has 1 N–H and O–H groups in total. The zero-order chi connectivity index (χ0) is 19.4. The first-order valence-electron chi connectivity index (χ1n) is 7.98. The largest absolute Gasteiger partial charge is 0.466 e. The van der Waals surface area contributed by atoms with Crippen LogP contribution in [0.1, 0.15) is 31.7 Å². The highest BCUT2D eigenvalue weighted by Gasteiger charge is 2.40. The molecule has 0 saturated heterocycles. The van der Waals surface area contributed by atoms with Crippen LogP contribution in [-0.2, 0) is 19.1 Å². The maximum Gasteiger partial charge on any atom is 0.336 e. The molecule has 1 aliphatic rings. The highest BCUT2D eigenvalue weighted by molar-refractivity contribution is 6.00. The fourth-order valence-electron chi connectivity index (χ4n) is 3.12. The first-order chi connectivity index (χ1) is 12.4. The van der Waals surface area contributed by atoms with Crippen molar-refractivity contribution in [2.75, 3.05) is 14.2 Å². The molecule has 0 saturated carbocycles. The molecular weight excluding hydrogens is 340 g/mol. The van der Waals surface area contributed by atoms with Gasteiger partial charge in [-0.15, -0.1) is 0 Å². The maximum absolute atomic E-state index is 12.5. The van der Waals surface area contributed by atoms with Crippen molar-refractivity contribution in [3.05, 3.63) is 62.5 Å². The normalized spacial score (nSPS) is 16.8. The van der Waals surface area contributed by atoms with Crippen molar-refractivity contribution >= 4 is 17.6 Å². The predicted octanol–water partition coefficient (Wildman–Crippen LogP) is 2.57. The third-order valence-electron chi connectivity index (χ3n) is 4.25. The molecular formula is C18H20N2O6. The van der Waals surface area contributed by atoms with Gasteiger partial charge in [0, 0.05) is 23.0 Å². The Morgan fingerprint density at radius 1 is 1.15 bits per heavy atom. The summed E-state index contributed by atoms with van der Waals surface area (Å²) in [6.45, 7) is 3.50. The highest BCUT2D eigenvalue weighted by atomic mass is 16.6. The molecule has 8 heteroatoms. The first-order valence-corrected chi connectivity index (χ1v) is 7.98. The molecule has 8 nitrogen and oxygen atoms in total. The van der Waals surface area contributed by atoms with Gasteiger partial charge in [0.25, 0.3) is 5.69 Å². The van der Waals surface area contributed by atoms with E-state index in [1.807, 2.05) is 6.92 Å². The number of para-hydroxylation sites is 1. The fourth-order valence-corrected chi connectivity index (χ4v) is 3.12. The van der Waals surface area contributed by atoms with Crippen LogP contribution in [0.3, 0.4) is 0 Å². The molecule has 1 aliphatic heterocycles. The van der Waals surface area contributed by atoms with Crippen molar-refractivity contribution in [1.82, 2.24) is 5.32 Å². The summed E-state index contributed by atoms with van der Waals surface area (Å²) in [7, 11) is 2.44. The van der Waals surface area contributed by atoms with Crippen molar-refractivity contribution < 1.29 is 24.0 Å². The van der Waals surface area contributed by atoms with E-state index in [0.717, 1.165) is 0 Å². The summed E-state index contributed by atoms with van der Waals surface area (Å²) in [5, 5.41) is 14.5. The van der Waals surface area contributed by atoms with Gasteiger partial charge in [-0.3, -0.25) is 10.1 Å². The summed E-state index contributed by atoms with van der Waals surface area (Å²) >= 11 is 0. The number of benzene rings is 1. The second-order valence-electron chi connectivity index (χ2n) is 5.64. The van der Waals surface area contributed by atoms with E-state index in [0.29, 0.717) is 17.8 Å². The number of nitro groups is 1. The number of hydrogen-bond donors (Lipinski definition) is 1. The van der Waals surface area contributed by atoms with E-state index >= 15 is 0 Å². The van der Waals surface area contributed by atoms with Crippen molar-refractivity contribution in [1.29, 1.82) is 0 Å². The number of hydrogen-bond acceptors (Lipinski definition) is 7. The van der Waals surface area contributed by atoms with Gasteiger partial charge >= 0.3 is 11.9 Å². The maximum atomic E-state index is 12.5. The molecule has 0 aromatic heterocycles. The van der Waals surface area contributed by atoms with Crippen LogP contribution < -0.4 is 5.32 Å². The zero-order valence-electron chi connectivity index (χ0n) is 15.0. The van der Waals surface area contributed by atoms with E-state index in [1.54, 1.807) is 13.0 Å². The predicted molar refractivity (Wildman–Crippen MR) is 93.0 cm³/mol. The molecule has 1 unspecified atom stereocenters. The average Bonchev–Trinajstić information content (AvgIpc) is 2.65. The number of nitro benzene ring substituents is 1. The van der Waals surface area contributed by atoms with Gasteiger partial charge in [0.2, 0.25) is 0 Å². The Morgan fingerprint density at radius 3 is 2.27 bits per heavy atom. The first kappa shape index (κ1) is 19.2. The quantitative estimate of drug-likeness (QED) is 0.488. The van der Waals surface area contributed by atoms with Crippen molar-refractivity contribution in [3.8, 4) is 0 Å². The number of nitrogens with one attached hydrogen (secondary N) is 1. The Morgan fingerprint density at radius 2 is 1.73 bits per heavy atom. The van der Waals surface area contributed by atoms with Crippen LogP contribution in [0.25, 0.3) is 0 Å². The molecule has 0 bridgehead atoms. The number of ether oxygens (including phenoxy) is 2. The molecule has 1 aromatic rings. The second-order valence-corrected chi connectivity index (χ2v) is 5.64. The third kappa shape index (κ3) is 3.30. The summed E-state index contributed by atoms with van der Waals surface area (Å²) in [6.07, 6.45) is 0.452. The van der Waals surface area contributed by atoms with Crippen LogP contribution in [0.5, 0.6) is 0 Å². The second kappa shape index (κ2) is 7.81. The lowest BCUT2D eigenvalue weighted by molar-refractivity contribution is -0.385. The van der Waals surface area contributed by atoms with Gasteiger partial charge < -0.3 is 14.8 Å². The molecule has 0 spiro atoms.